The molecule has 2 aliphatic rings. The van der Waals surface area contributed by atoms with Gasteiger partial charge in [-0.1, -0.05) is 12.8 Å². The van der Waals surface area contributed by atoms with Crippen LogP contribution in [-0.2, 0) is 4.74 Å². The van der Waals surface area contributed by atoms with Gasteiger partial charge in [-0.15, -0.1) is 0 Å². The van der Waals surface area contributed by atoms with E-state index in [1.807, 2.05) is 6.92 Å². The Bertz CT molecular complexity index is 170. The Balaban J connectivity index is 1.95. The van der Waals surface area contributed by atoms with Gasteiger partial charge in [0.25, 0.3) is 0 Å². The van der Waals surface area contributed by atoms with Gasteiger partial charge in [-0.25, -0.2) is 4.99 Å². The van der Waals surface area contributed by atoms with E-state index in [1.54, 1.807) is 0 Å². The van der Waals surface area contributed by atoms with E-state index in [1.165, 1.54) is 25.7 Å². The molecule has 2 rings (SSSR count). The fourth-order valence-corrected chi connectivity index (χ4v) is 2.10. The quantitative estimate of drug-likeness (QED) is 0.564. The summed E-state index contributed by atoms with van der Waals surface area (Å²) in [6.07, 6.45) is 5.53. The van der Waals surface area contributed by atoms with Gasteiger partial charge in [0.05, 0.1) is 6.04 Å². The third-order valence-electron chi connectivity index (χ3n) is 2.75. The summed E-state index contributed by atoms with van der Waals surface area (Å²) >= 11 is 0. The van der Waals surface area contributed by atoms with Crippen molar-refractivity contribution in [3.05, 3.63) is 0 Å². The van der Waals surface area contributed by atoms with Crippen LogP contribution < -0.4 is 0 Å². The van der Waals surface area contributed by atoms with Crippen molar-refractivity contribution >= 4 is 5.90 Å². The van der Waals surface area contributed by atoms with Crippen LogP contribution in [0.25, 0.3) is 0 Å². The summed E-state index contributed by atoms with van der Waals surface area (Å²) in [5.74, 6) is 1.72. The molecule has 0 bridgehead atoms. The molecule has 11 heavy (non-hydrogen) atoms. The Labute approximate surface area is 67.7 Å². The molecule has 0 aromatic carbocycles. The third kappa shape index (κ3) is 1.39. The summed E-state index contributed by atoms with van der Waals surface area (Å²) in [5, 5.41) is 0. The van der Waals surface area contributed by atoms with Crippen molar-refractivity contribution in [1.29, 1.82) is 0 Å². The van der Waals surface area contributed by atoms with Crippen LogP contribution in [0.2, 0.25) is 0 Å². The number of nitrogens with zero attached hydrogens (tertiary/aromatic N) is 1. The minimum absolute atomic E-state index is 0.498. The van der Waals surface area contributed by atoms with E-state index >= 15 is 0 Å². The Morgan fingerprint density at radius 3 is 2.64 bits per heavy atom. The predicted molar refractivity (Wildman–Crippen MR) is 44.8 cm³/mol. The fraction of sp³-hybridized carbons (Fsp3) is 0.889. The Morgan fingerprint density at radius 1 is 1.36 bits per heavy atom. The number of ether oxygens (including phenoxy) is 1. The zero-order valence-corrected chi connectivity index (χ0v) is 7.05. The van der Waals surface area contributed by atoms with E-state index in [2.05, 4.69) is 4.99 Å². The van der Waals surface area contributed by atoms with Crippen LogP contribution in [0.1, 0.15) is 32.6 Å². The van der Waals surface area contributed by atoms with Crippen LogP contribution in [0.15, 0.2) is 4.99 Å². The highest BCUT2D eigenvalue weighted by Gasteiger charge is 2.28. The first-order valence-electron chi connectivity index (χ1n) is 4.53. The highest BCUT2D eigenvalue weighted by atomic mass is 16.5. The zero-order chi connectivity index (χ0) is 7.68. The number of hydrogen-bond acceptors (Lipinski definition) is 2. The molecular formula is C9H15NO. The molecule has 0 aromatic rings. The molecule has 0 amide bonds. The van der Waals surface area contributed by atoms with Crippen LogP contribution >= 0.6 is 0 Å². The molecule has 1 aliphatic heterocycles. The van der Waals surface area contributed by atoms with Crippen molar-refractivity contribution < 1.29 is 4.74 Å². The van der Waals surface area contributed by atoms with Gasteiger partial charge in [0.15, 0.2) is 5.90 Å². The summed E-state index contributed by atoms with van der Waals surface area (Å²) in [5.41, 5.74) is 0. The molecule has 0 spiro atoms. The minimum Gasteiger partial charge on any atom is -0.479 e. The number of aliphatic imine (C=N–C) groups is 1. The lowest BCUT2D eigenvalue weighted by molar-refractivity contribution is 0.277. The summed E-state index contributed by atoms with van der Waals surface area (Å²) < 4.78 is 5.33. The van der Waals surface area contributed by atoms with Crippen LogP contribution in [0.3, 0.4) is 0 Å². The van der Waals surface area contributed by atoms with E-state index in [9.17, 15) is 0 Å². The van der Waals surface area contributed by atoms with Crippen molar-refractivity contribution in [2.24, 2.45) is 10.9 Å². The van der Waals surface area contributed by atoms with E-state index < -0.39 is 0 Å². The summed E-state index contributed by atoms with van der Waals surface area (Å²) in [7, 11) is 0. The molecule has 1 fully saturated rings. The van der Waals surface area contributed by atoms with Gasteiger partial charge in [0.2, 0.25) is 0 Å². The molecular weight excluding hydrogens is 138 g/mol. The van der Waals surface area contributed by atoms with Crippen LogP contribution in [0, 0.1) is 5.92 Å². The van der Waals surface area contributed by atoms with Crippen LogP contribution in [0.4, 0.5) is 0 Å². The molecule has 62 valence electrons. The Morgan fingerprint density at radius 2 is 2.09 bits per heavy atom. The van der Waals surface area contributed by atoms with Gasteiger partial charge in [-0.2, -0.15) is 0 Å². The van der Waals surface area contributed by atoms with E-state index in [4.69, 9.17) is 4.74 Å². The first-order chi connectivity index (χ1) is 5.36. The van der Waals surface area contributed by atoms with E-state index in [0.29, 0.717) is 6.04 Å². The van der Waals surface area contributed by atoms with Crippen LogP contribution in [-0.4, -0.2) is 18.5 Å². The first kappa shape index (κ1) is 7.14. The molecule has 0 aromatic heterocycles. The highest BCUT2D eigenvalue weighted by Crippen LogP contribution is 2.30. The monoisotopic (exact) mass is 153 g/mol. The molecule has 0 N–H and O–H groups in total. The summed E-state index contributed by atoms with van der Waals surface area (Å²) in [4.78, 5) is 4.46. The second-order valence-corrected chi connectivity index (χ2v) is 3.57. The molecule has 2 heteroatoms. The topological polar surface area (TPSA) is 21.6 Å². The lowest BCUT2D eigenvalue weighted by Gasteiger charge is -2.11. The molecule has 2 nitrogen and oxygen atoms in total. The van der Waals surface area contributed by atoms with Crippen molar-refractivity contribution in [2.45, 2.75) is 38.6 Å². The highest BCUT2D eigenvalue weighted by molar-refractivity contribution is 5.74. The van der Waals surface area contributed by atoms with Crippen LogP contribution in [0.5, 0.6) is 0 Å². The fourth-order valence-electron chi connectivity index (χ4n) is 2.10. The second kappa shape index (κ2) is 2.84. The first-order valence-corrected chi connectivity index (χ1v) is 4.53. The van der Waals surface area contributed by atoms with Gasteiger partial charge in [0.1, 0.15) is 6.61 Å². The van der Waals surface area contributed by atoms with Crippen molar-refractivity contribution in [2.75, 3.05) is 6.61 Å². The van der Waals surface area contributed by atoms with Gasteiger partial charge >= 0.3 is 0 Å². The average Bonchev–Trinajstić information content (AvgIpc) is 2.55. The third-order valence-corrected chi connectivity index (χ3v) is 2.75. The minimum atomic E-state index is 0.498. The molecule has 1 saturated carbocycles. The average molecular weight is 153 g/mol. The molecule has 1 heterocycles. The molecule has 0 unspecified atom stereocenters. The predicted octanol–water partition coefficient (Wildman–Crippen LogP) is 1.99. The van der Waals surface area contributed by atoms with Gasteiger partial charge in [-0.05, 0) is 18.8 Å². The van der Waals surface area contributed by atoms with Crippen molar-refractivity contribution in [1.82, 2.24) is 0 Å². The standard InChI is InChI=1S/C9H15NO/c1-7-10-9(6-11-7)8-4-2-3-5-8/h8-9H,2-6H2,1H3/t9-/m0/s1. The summed E-state index contributed by atoms with van der Waals surface area (Å²) in [6.45, 7) is 2.80. The molecule has 1 aliphatic carbocycles. The Kier molecular flexibility index (Phi) is 1.84. The SMILES string of the molecule is CC1=N[C@H](C2CCCC2)CO1. The lowest BCUT2D eigenvalue weighted by atomic mass is 10.00. The summed E-state index contributed by atoms with van der Waals surface area (Å²) in [6, 6.07) is 0.498. The normalized spacial score (nSPS) is 32.1. The van der Waals surface area contributed by atoms with Crippen molar-refractivity contribution in [3.8, 4) is 0 Å². The van der Waals surface area contributed by atoms with Gasteiger partial charge < -0.3 is 4.74 Å². The zero-order valence-electron chi connectivity index (χ0n) is 7.05. The largest absolute Gasteiger partial charge is 0.479 e. The smallest absolute Gasteiger partial charge is 0.180 e. The van der Waals surface area contributed by atoms with Gasteiger partial charge in [-0.3, -0.25) is 0 Å². The number of rotatable bonds is 1. The molecule has 1 atom stereocenters. The maximum Gasteiger partial charge on any atom is 0.180 e. The van der Waals surface area contributed by atoms with E-state index in [0.717, 1.165) is 18.4 Å². The lowest BCUT2D eigenvalue weighted by Crippen LogP contribution is -2.16. The van der Waals surface area contributed by atoms with Crippen molar-refractivity contribution in [3.63, 3.8) is 0 Å². The maximum absolute atomic E-state index is 5.33. The maximum atomic E-state index is 5.33. The van der Waals surface area contributed by atoms with Gasteiger partial charge in [0, 0.05) is 6.92 Å². The Hall–Kier alpha value is -0.530. The molecule has 0 saturated heterocycles. The second-order valence-electron chi connectivity index (χ2n) is 3.57. The van der Waals surface area contributed by atoms with E-state index in [-0.39, 0.29) is 0 Å². The molecule has 0 radical (unpaired) electrons. The number of hydrogen-bond donors (Lipinski definition) is 0.